The van der Waals surface area contributed by atoms with Gasteiger partial charge in [0.25, 0.3) is 0 Å². The third-order valence-corrected chi connectivity index (χ3v) is 4.32. The van der Waals surface area contributed by atoms with Crippen LogP contribution < -0.4 is 4.47 Å². The summed E-state index contributed by atoms with van der Waals surface area (Å²) >= 11 is 4.44. The van der Waals surface area contributed by atoms with Gasteiger partial charge in [0.15, 0.2) is 0 Å². The van der Waals surface area contributed by atoms with Gasteiger partial charge in [-0.15, -0.1) is 0 Å². The van der Waals surface area contributed by atoms with Crippen molar-refractivity contribution in [3.05, 3.63) is 65.5 Å². The van der Waals surface area contributed by atoms with E-state index in [-0.39, 0.29) is 12.4 Å². The van der Waals surface area contributed by atoms with Crippen LogP contribution in [-0.4, -0.2) is 42.9 Å². The maximum Gasteiger partial charge on any atom is 0.123 e. The number of aliphatic hydroxyl groups excluding tert-OH is 1. The highest BCUT2D eigenvalue weighted by molar-refractivity contribution is 7.81. The standard InChI is InChI=1S/C19H25FN2O2S/c1-2-21(11-13-23)12-14-24-22(25)19-6-4-3-5-17(19)15-16-7-9-18(20)10-8-16/h3-10,23,25H,2,11-15H2,1H3. The van der Waals surface area contributed by atoms with Crippen LogP contribution in [0.3, 0.4) is 0 Å². The number of nitrogens with zero attached hydrogens (tertiary/aromatic N) is 2. The van der Waals surface area contributed by atoms with Gasteiger partial charge in [0.2, 0.25) is 0 Å². The van der Waals surface area contributed by atoms with Gasteiger partial charge in [-0.05, 0) is 55.1 Å². The Morgan fingerprint density at radius 3 is 2.48 bits per heavy atom. The van der Waals surface area contributed by atoms with Crippen LogP contribution in [0.5, 0.6) is 0 Å². The number of benzene rings is 2. The van der Waals surface area contributed by atoms with Crippen molar-refractivity contribution >= 4 is 18.5 Å². The molecule has 4 nitrogen and oxygen atoms in total. The summed E-state index contributed by atoms with van der Waals surface area (Å²) in [6.45, 7) is 4.87. The summed E-state index contributed by atoms with van der Waals surface area (Å²) in [4.78, 5) is 7.82. The maximum absolute atomic E-state index is 13.1. The minimum absolute atomic E-state index is 0.138. The molecule has 0 aromatic heterocycles. The zero-order valence-electron chi connectivity index (χ0n) is 14.4. The first-order valence-electron chi connectivity index (χ1n) is 8.41. The Morgan fingerprint density at radius 2 is 1.80 bits per heavy atom. The first-order valence-corrected chi connectivity index (χ1v) is 8.81. The number of halogens is 1. The molecule has 0 saturated carbocycles. The minimum atomic E-state index is -0.237. The molecular weight excluding hydrogens is 339 g/mol. The molecular formula is C19H25FN2O2S. The Bertz CT molecular complexity index is 640. The van der Waals surface area contributed by atoms with E-state index < -0.39 is 0 Å². The summed E-state index contributed by atoms with van der Waals surface area (Å²) in [7, 11) is 0. The van der Waals surface area contributed by atoms with E-state index in [1.54, 1.807) is 12.1 Å². The Labute approximate surface area is 154 Å². The molecule has 2 aromatic rings. The monoisotopic (exact) mass is 364 g/mol. The number of hydrogen-bond donors (Lipinski definition) is 2. The molecule has 2 aromatic carbocycles. The predicted octanol–water partition coefficient (Wildman–Crippen LogP) is 3.31. The molecule has 25 heavy (non-hydrogen) atoms. The number of hydrogen-bond acceptors (Lipinski definition) is 5. The van der Waals surface area contributed by atoms with Crippen molar-refractivity contribution in [2.75, 3.05) is 37.3 Å². The highest BCUT2D eigenvalue weighted by Crippen LogP contribution is 2.25. The number of rotatable bonds is 10. The van der Waals surface area contributed by atoms with Gasteiger partial charge in [-0.2, -0.15) is 4.47 Å². The largest absolute Gasteiger partial charge is 0.395 e. The zero-order valence-corrected chi connectivity index (χ0v) is 15.3. The van der Waals surface area contributed by atoms with E-state index in [0.29, 0.717) is 26.1 Å². The number of aliphatic hydroxyl groups is 1. The molecule has 0 aliphatic carbocycles. The lowest BCUT2D eigenvalue weighted by atomic mass is 10.0. The van der Waals surface area contributed by atoms with Crippen molar-refractivity contribution in [1.29, 1.82) is 0 Å². The van der Waals surface area contributed by atoms with E-state index in [1.807, 2.05) is 31.2 Å². The van der Waals surface area contributed by atoms with Crippen LogP contribution >= 0.6 is 12.8 Å². The van der Waals surface area contributed by atoms with Crippen molar-refractivity contribution in [1.82, 2.24) is 4.90 Å². The molecule has 0 bridgehead atoms. The first-order chi connectivity index (χ1) is 12.1. The van der Waals surface area contributed by atoms with Crippen molar-refractivity contribution in [2.45, 2.75) is 13.3 Å². The Hall–Kier alpha value is -1.60. The van der Waals surface area contributed by atoms with Crippen LogP contribution in [0.15, 0.2) is 48.5 Å². The summed E-state index contributed by atoms with van der Waals surface area (Å²) in [5.74, 6) is -0.237. The first kappa shape index (κ1) is 19.7. The second-order valence-electron chi connectivity index (χ2n) is 5.70. The second-order valence-corrected chi connectivity index (χ2v) is 6.06. The average molecular weight is 364 g/mol. The van der Waals surface area contributed by atoms with Gasteiger partial charge in [-0.1, -0.05) is 37.3 Å². The molecule has 0 aliphatic rings. The average Bonchev–Trinajstić information content (AvgIpc) is 2.63. The SMILES string of the molecule is CCN(CCO)CCON(S)c1ccccc1Cc1ccc(F)cc1. The Balaban J connectivity index is 1.97. The number of anilines is 1. The molecule has 0 fully saturated rings. The van der Waals surface area contributed by atoms with Gasteiger partial charge in [0.1, 0.15) is 5.82 Å². The third kappa shape index (κ3) is 6.32. The highest BCUT2D eigenvalue weighted by Gasteiger charge is 2.10. The van der Waals surface area contributed by atoms with E-state index in [2.05, 4.69) is 17.7 Å². The fourth-order valence-corrected chi connectivity index (χ4v) is 2.84. The Morgan fingerprint density at radius 1 is 1.08 bits per heavy atom. The van der Waals surface area contributed by atoms with E-state index in [9.17, 15) is 4.39 Å². The van der Waals surface area contributed by atoms with Gasteiger partial charge in [0, 0.05) is 13.1 Å². The fourth-order valence-electron chi connectivity index (χ4n) is 2.56. The molecule has 0 radical (unpaired) electrons. The highest BCUT2D eigenvalue weighted by atomic mass is 32.1. The van der Waals surface area contributed by atoms with Crippen LogP contribution in [0.1, 0.15) is 18.1 Å². The van der Waals surface area contributed by atoms with Crippen molar-refractivity contribution in [3.63, 3.8) is 0 Å². The van der Waals surface area contributed by atoms with Crippen LogP contribution in [0.4, 0.5) is 10.1 Å². The van der Waals surface area contributed by atoms with Crippen molar-refractivity contribution in [3.8, 4) is 0 Å². The van der Waals surface area contributed by atoms with Crippen LogP contribution in [-0.2, 0) is 11.3 Å². The van der Waals surface area contributed by atoms with Crippen molar-refractivity contribution in [2.24, 2.45) is 0 Å². The maximum atomic E-state index is 13.1. The van der Waals surface area contributed by atoms with Gasteiger partial charge in [-0.3, -0.25) is 9.74 Å². The summed E-state index contributed by atoms with van der Waals surface area (Å²) in [6, 6.07) is 14.3. The molecule has 0 unspecified atom stereocenters. The van der Waals surface area contributed by atoms with Gasteiger partial charge in [0.05, 0.1) is 18.9 Å². The molecule has 0 saturated heterocycles. The van der Waals surface area contributed by atoms with E-state index in [1.165, 1.54) is 16.6 Å². The molecule has 6 heteroatoms. The summed E-state index contributed by atoms with van der Waals surface area (Å²) in [6.07, 6.45) is 0.669. The summed E-state index contributed by atoms with van der Waals surface area (Å²) in [5.41, 5.74) is 2.93. The molecule has 0 spiro atoms. The molecule has 2 rings (SSSR count). The van der Waals surface area contributed by atoms with Gasteiger partial charge in [-0.25, -0.2) is 4.39 Å². The summed E-state index contributed by atoms with van der Waals surface area (Å²) in [5, 5.41) is 9.02. The van der Waals surface area contributed by atoms with Gasteiger partial charge >= 0.3 is 0 Å². The van der Waals surface area contributed by atoms with Crippen LogP contribution in [0.25, 0.3) is 0 Å². The molecule has 0 heterocycles. The molecule has 0 amide bonds. The van der Waals surface area contributed by atoms with E-state index >= 15 is 0 Å². The topological polar surface area (TPSA) is 35.9 Å². The number of para-hydroxylation sites is 1. The lowest BCUT2D eigenvalue weighted by Crippen LogP contribution is -2.31. The molecule has 0 atom stereocenters. The smallest absolute Gasteiger partial charge is 0.123 e. The fraction of sp³-hybridized carbons (Fsp3) is 0.368. The molecule has 1 N–H and O–H groups in total. The van der Waals surface area contributed by atoms with Crippen LogP contribution in [0.2, 0.25) is 0 Å². The third-order valence-electron chi connectivity index (χ3n) is 3.99. The van der Waals surface area contributed by atoms with Gasteiger partial charge < -0.3 is 5.11 Å². The molecule has 0 aliphatic heterocycles. The van der Waals surface area contributed by atoms with E-state index in [4.69, 9.17) is 9.94 Å². The van der Waals surface area contributed by atoms with E-state index in [0.717, 1.165) is 23.4 Å². The molecule has 136 valence electrons. The second kappa shape index (κ2) is 10.4. The number of thiol groups is 1. The number of likely N-dealkylation sites (N-methyl/N-ethyl adjacent to an activating group) is 1. The van der Waals surface area contributed by atoms with Crippen molar-refractivity contribution < 1.29 is 14.3 Å². The quantitative estimate of drug-likeness (QED) is 0.501. The lowest BCUT2D eigenvalue weighted by Gasteiger charge is -2.23. The Kier molecular flexibility index (Phi) is 8.21. The zero-order chi connectivity index (χ0) is 18.1. The minimum Gasteiger partial charge on any atom is -0.395 e. The lowest BCUT2D eigenvalue weighted by molar-refractivity contribution is 0.111. The van der Waals surface area contributed by atoms with Crippen LogP contribution in [0, 0.1) is 5.82 Å². The normalized spacial score (nSPS) is 11.1. The summed E-state index contributed by atoms with van der Waals surface area (Å²) < 4.78 is 14.5. The predicted molar refractivity (Wildman–Crippen MR) is 102 cm³/mol.